The normalized spacial score (nSPS) is 14.2. The molecule has 0 N–H and O–H groups in total. The average molecular weight is 171 g/mol. The van der Waals surface area contributed by atoms with Crippen LogP contribution in [-0.2, 0) is 4.79 Å². The van der Waals surface area contributed by atoms with Gasteiger partial charge in [-0.1, -0.05) is 27.7 Å². The van der Waals surface area contributed by atoms with Gasteiger partial charge in [-0.05, 0) is 11.8 Å². The van der Waals surface area contributed by atoms with Crippen molar-refractivity contribution in [2.45, 2.75) is 34.1 Å². The topological polar surface area (TPSA) is 20.3 Å². The number of rotatable bonds is 2. The molecular formula is C10H21NO. The molecule has 0 heterocycles. The van der Waals surface area contributed by atoms with E-state index in [0.717, 1.165) is 6.42 Å². The van der Waals surface area contributed by atoms with E-state index in [-0.39, 0.29) is 17.2 Å². The number of nitrogens with zero attached hydrogens (tertiary/aromatic N) is 1. The average Bonchev–Trinajstić information content (AvgIpc) is 1.82. The van der Waals surface area contributed by atoms with E-state index in [0.29, 0.717) is 0 Å². The molecular weight excluding hydrogens is 150 g/mol. The van der Waals surface area contributed by atoms with Crippen LogP contribution in [0.4, 0.5) is 0 Å². The van der Waals surface area contributed by atoms with Crippen LogP contribution in [-0.4, -0.2) is 24.9 Å². The molecule has 72 valence electrons. The standard InChI is InChI=1S/C10H21NO/c1-8(7-10(2,3)4)9(12)11(5)6/h8H,7H2,1-6H3/t8-/m1/s1. The number of amides is 1. The molecule has 0 fully saturated rings. The number of carbonyl (C=O) groups excluding carboxylic acids is 1. The number of hydrogen-bond acceptors (Lipinski definition) is 1. The highest BCUT2D eigenvalue weighted by Crippen LogP contribution is 2.24. The van der Waals surface area contributed by atoms with E-state index in [9.17, 15) is 4.79 Å². The highest BCUT2D eigenvalue weighted by Gasteiger charge is 2.21. The lowest BCUT2D eigenvalue weighted by Gasteiger charge is -2.24. The van der Waals surface area contributed by atoms with Gasteiger partial charge in [0.05, 0.1) is 0 Å². The summed E-state index contributed by atoms with van der Waals surface area (Å²) >= 11 is 0. The first-order valence-electron chi connectivity index (χ1n) is 4.45. The molecule has 1 atom stereocenters. The lowest BCUT2D eigenvalue weighted by Crippen LogP contribution is -2.30. The van der Waals surface area contributed by atoms with Crippen LogP contribution in [0.5, 0.6) is 0 Å². The van der Waals surface area contributed by atoms with Gasteiger partial charge in [-0.3, -0.25) is 4.79 Å². The van der Waals surface area contributed by atoms with E-state index >= 15 is 0 Å². The Kier molecular flexibility index (Phi) is 3.75. The van der Waals surface area contributed by atoms with Gasteiger partial charge in [-0.15, -0.1) is 0 Å². The van der Waals surface area contributed by atoms with Crippen LogP contribution >= 0.6 is 0 Å². The third-order valence-corrected chi connectivity index (χ3v) is 1.78. The number of hydrogen-bond donors (Lipinski definition) is 0. The Morgan fingerprint density at radius 3 is 2.00 bits per heavy atom. The number of carbonyl (C=O) groups is 1. The summed E-state index contributed by atoms with van der Waals surface area (Å²) in [5.74, 6) is 0.366. The van der Waals surface area contributed by atoms with Crippen molar-refractivity contribution in [1.29, 1.82) is 0 Å². The zero-order valence-corrected chi connectivity index (χ0v) is 9.14. The lowest BCUT2D eigenvalue weighted by atomic mass is 9.85. The lowest BCUT2D eigenvalue weighted by molar-refractivity contribution is -0.133. The van der Waals surface area contributed by atoms with E-state index in [1.54, 1.807) is 4.90 Å². The van der Waals surface area contributed by atoms with E-state index in [2.05, 4.69) is 20.8 Å². The van der Waals surface area contributed by atoms with Crippen LogP contribution in [0.1, 0.15) is 34.1 Å². The maximum atomic E-state index is 11.4. The van der Waals surface area contributed by atoms with Crippen molar-refractivity contribution in [2.24, 2.45) is 11.3 Å². The highest BCUT2D eigenvalue weighted by atomic mass is 16.2. The van der Waals surface area contributed by atoms with E-state index < -0.39 is 0 Å². The van der Waals surface area contributed by atoms with Crippen LogP contribution in [0.3, 0.4) is 0 Å². The molecule has 0 saturated heterocycles. The second kappa shape index (κ2) is 3.92. The molecule has 0 rings (SSSR count). The molecule has 0 aliphatic heterocycles. The van der Waals surface area contributed by atoms with Gasteiger partial charge in [0.15, 0.2) is 0 Å². The van der Waals surface area contributed by atoms with Crippen LogP contribution in [0.25, 0.3) is 0 Å². The molecule has 0 aromatic rings. The molecule has 0 aliphatic carbocycles. The molecule has 0 aromatic carbocycles. The summed E-state index contributed by atoms with van der Waals surface area (Å²) in [4.78, 5) is 13.1. The summed E-state index contributed by atoms with van der Waals surface area (Å²) in [6.45, 7) is 8.47. The van der Waals surface area contributed by atoms with Gasteiger partial charge in [0.1, 0.15) is 0 Å². The molecule has 1 amide bonds. The van der Waals surface area contributed by atoms with Crippen molar-refractivity contribution in [3.05, 3.63) is 0 Å². The predicted octanol–water partition coefficient (Wildman–Crippen LogP) is 2.15. The third kappa shape index (κ3) is 4.37. The van der Waals surface area contributed by atoms with Crippen molar-refractivity contribution in [2.75, 3.05) is 14.1 Å². The summed E-state index contributed by atoms with van der Waals surface area (Å²) in [5, 5.41) is 0. The minimum Gasteiger partial charge on any atom is -0.349 e. The molecule has 0 aromatic heterocycles. The van der Waals surface area contributed by atoms with Gasteiger partial charge in [-0.25, -0.2) is 0 Å². The first-order chi connectivity index (χ1) is 5.24. The van der Waals surface area contributed by atoms with Crippen molar-refractivity contribution < 1.29 is 4.79 Å². The Morgan fingerprint density at radius 2 is 1.75 bits per heavy atom. The molecule has 0 saturated carbocycles. The fourth-order valence-electron chi connectivity index (χ4n) is 1.45. The molecule has 0 radical (unpaired) electrons. The van der Waals surface area contributed by atoms with E-state index in [1.807, 2.05) is 21.0 Å². The van der Waals surface area contributed by atoms with E-state index in [1.165, 1.54) is 0 Å². The van der Waals surface area contributed by atoms with Crippen molar-refractivity contribution >= 4 is 5.91 Å². The molecule has 2 nitrogen and oxygen atoms in total. The zero-order valence-electron chi connectivity index (χ0n) is 9.14. The molecule has 0 bridgehead atoms. The smallest absolute Gasteiger partial charge is 0.224 e. The maximum Gasteiger partial charge on any atom is 0.224 e. The van der Waals surface area contributed by atoms with Crippen molar-refractivity contribution in [1.82, 2.24) is 4.90 Å². The quantitative estimate of drug-likeness (QED) is 0.623. The predicted molar refractivity (Wildman–Crippen MR) is 51.9 cm³/mol. The second-order valence-electron chi connectivity index (χ2n) is 4.90. The zero-order chi connectivity index (χ0) is 9.94. The van der Waals surface area contributed by atoms with Crippen LogP contribution in [0, 0.1) is 11.3 Å². The minimum absolute atomic E-state index is 0.139. The Balaban J connectivity index is 4.05. The first-order valence-corrected chi connectivity index (χ1v) is 4.45. The maximum absolute atomic E-state index is 11.4. The molecule has 2 heteroatoms. The van der Waals surface area contributed by atoms with Gasteiger partial charge in [0.2, 0.25) is 5.91 Å². The Bertz CT molecular complexity index is 156. The third-order valence-electron chi connectivity index (χ3n) is 1.78. The van der Waals surface area contributed by atoms with E-state index in [4.69, 9.17) is 0 Å². The van der Waals surface area contributed by atoms with Gasteiger partial charge in [0, 0.05) is 20.0 Å². The summed E-state index contributed by atoms with van der Waals surface area (Å²) in [7, 11) is 3.61. The van der Waals surface area contributed by atoms with Crippen molar-refractivity contribution in [3.8, 4) is 0 Å². The summed E-state index contributed by atoms with van der Waals surface area (Å²) in [6, 6.07) is 0. The molecule has 12 heavy (non-hydrogen) atoms. The summed E-state index contributed by atoms with van der Waals surface area (Å²) < 4.78 is 0. The summed E-state index contributed by atoms with van der Waals surface area (Å²) in [5.41, 5.74) is 0.241. The summed E-state index contributed by atoms with van der Waals surface area (Å²) in [6.07, 6.45) is 0.948. The van der Waals surface area contributed by atoms with Crippen LogP contribution < -0.4 is 0 Å². The highest BCUT2D eigenvalue weighted by molar-refractivity contribution is 5.77. The molecule has 0 spiro atoms. The Morgan fingerprint density at radius 1 is 1.33 bits per heavy atom. The fourth-order valence-corrected chi connectivity index (χ4v) is 1.45. The largest absolute Gasteiger partial charge is 0.349 e. The van der Waals surface area contributed by atoms with Gasteiger partial charge in [-0.2, -0.15) is 0 Å². The molecule has 0 unspecified atom stereocenters. The SMILES string of the molecule is C[C@H](CC(C)(C)C)C(=O)N(C)C. The van der Waals surface area contributed by atoms with Gasteiger partial charge in [0.25, 0.3) is 0 Å². The first kappa shape index (κ1) is 11.5. The minimum atomic E-state index is 0.139. The van der Waals surface area contributed by atoms with Crippen LogP contribution in [0.15, 0.2) is 0 Å². The Hall–Kier alpha value is -0.530. The molecule has 0 aliphatic rings. The monoisotopic (exact) mass is 171 g/mol. The van der Waals surface area contributed by atoms with Crippen molar-refractivity contribution in [3.63, 3.8) is 0 Å². The second-order valence-corrected chi connectivity index (χ2v) is 4.90. The fraction of sp³-hybridized carbons (Fsp3) is 0.900. The Labute approximate surface area is 75.9 Å². The van der Waals surface area contributed by atoms with Gasteiger partial charge >= 0.3 is 0 Å². The van der Waals surface area contributed by atoms with Gasteiger partial charge < -0.3 is 4.90 Å². The van der Waals surface area contributed by atoms with Crippen LogP contribution in [0.2, 0.25) is 0 Å².